The summed E-state index contributed by atoms with van der Waals surface area (Å²) in [4.78, 5) is 38.5. The van der Waals surface area contributed by atoms with Crippen molar-refractivity contribution in [1.29, 1.82) is 0 Å². The molecule has 0 bridgehead atoms. The van der Waals surface area contributed by atoms with E-state index in [4.69, 9.17) is 4.42 Å². The monoisotopic (exact) mass is 437 g/mol. The number of hydrogen-bond donors (Lipinski definition) is 3. The van der Waals surface area contributed by atoms with Gasteiger partial charge in [-0.1, -0.05) is 18.9 Å². The Morgan fingerprint density at radius 3 is 2.41 bits per heavy atom. The van der Waals surface area contributed by atoms with Gasteiger partial charge in [-0.3, -0.25) is 14.4 Å². The van der Waals surface area contributed by atoms with Gasteiger partial charge >= 0.3 is 0 Å². The lowest BCUT2D eigenvalue weighted by atomic mass is 9.95. The van der Waals surface area contributed by atoms with Crippen LogP contribution in [0.2, 0.25) is 0 Å². The molecule has 1 unspecified atom stereocenters. The van der Waals surface area contributed by atoms with Crippen LogP contribution in [0.15, 0.2) is 44.3 Å². The van der Waals surface area contributed by atoms with E-state index in [1.807, 2.05) is 19.1 Å². The predicted octanol–water partition coefficient (Wildman–Crippen LogP) is 3.68. The third kappa shape index (κ3) is 3.88. The van der Waals surface area contributed by atoms with Gasteiger partial charge in [0.1, 0.15) is 22.9 Å². The molecular weight excluding hydrogens is 410 g/mol. The number of nitrogens with one attached hydrogen (secondary N) is 2. The van der Waals surface area contributed by atoms with Crippen molar-refractivity contribution < 1.29 is 14.3 Å². The van der Waals surface area contributed by atoms with Gasteiger partial charge in [-0.2, -0.15) is 0 Å². The molecule has 2 aromatic carbocycles. The molecule has 0 saturated heterocycles. The first-order valence-corrected chi connectivity index (χ1v) is 10.7. The second kappa shape index (κ2) is 8.53. The molecule has 3 N–H and O–H groups in total. The highest BCUT2D eigenvalue weighted by atomic mass is 16.3. The van der Waals surface area contributed by atoms with Crippen LogP contribution in [0, 0.1) is 12.8 Å². The Morgan fingerprint density at radius 1 is 1.09 bits per heavy atom. The molecule has 1 fully saturated rings. The lowest BCUT2D eigenvalue weighted by Crippen LogP contribution is -2.38. The number of phenolic OH excluding ortho intramolecular Hbond substituents is 1. The summed E-state index contributed by atoms with van der Waals surface area (Å²) in [5.41, 5.74) is -0.756. The van der Waals surface area contributed by atoms with Crippen LogP contribution in [0.3, 0.4) is 0 Å². The summed E-state index contributed by atoms with van der Waals surface area (Å²) in [6.45, 7) is 1.87. The number of aryl methyl sites for hydroxylation is 1. The van der Waals surface area contributed by atoms with Crippen molar-refractivity contribution in [3.63, 3.8) is 0 Å². The second-order valence-electron chi connectivity index (χ2n) is 8.55. The van der Waals surface area contributed by atoms with E-state index in [0.717, 1.165) is 37.2 Å². The number of carbonyl (C=O) groups excluding carboxylic acids is 1. The molecule has 0 radical (unpaired) electrons. The lowest BCUT2D eigenvalue weighted by molar-refractivity contribution is 0.0824. The van der Waals surface area contributed by atoms with Gasteiger partial charge in [-0.05, 0) is 49.9 Å². The number of rotatable bonds is 7. The standard InChI is InChI=1S/C24H27N3O5/c1-13-11-12-17(32-13)18(14-7-4-5-8-14)26-20-19(22(29)23(20)30)25-16-10-6-9-15(21(16)28)24(31)27(2)3/h6,9-12,14,18,25-26,28H,4-5,7-8H2,1-3H3. The molecule has 8 nitrogen and oxygen atoms in total. The Balaban J connectivity index is 1.64. The highest BCUT2D eigenvalue weighted by Gasteiger charge is 2.32. The summed E-state index contributed by atoms with van der Waals surface area (Å²) >= 11 is 0. The highest BCUT2D eigenvalue weighted by molar-refractivity contribution is 5.99. The molecular formula is C24H27N3O5. The largest absolute Gasteiger partial charge is 0.505 e. The molecule has 4 rings (SSSR count). The van der Waals surface area contributed by atoms with Gasteiger partial charge in [0.2, 0.25) is 0 Å². The molecule has 1 aromatic heterocycles. The van der Waals surface area contributed by atoms with E-state index in [1.165, 1.54) is 11.0 Å². The number of anilines is 3. The van der Waals surface area contributed by atoms with Gasteiger partial charge in [-0.25, -0.2) is 0 Å². The van der Waals surface area contributed by atoms with Crippen molar-refractivity contribution in [2.75, 3.05) is 24.7 Å². The third-order valence-corrected chi connectivity index (χ3v) is 6.08. The van der Waals surface area contributed by atoms with Gasteiger partial charge in [0, 0.05) is 14.1 Å². The topological polar surface area (TPSA) is 112 Å². The van der Waals surface area contributed by atoms with Crippen LogP contribution in [0.5, 0.6) is 5.75 Å². The quantitative estimate of drug-likeness (QED) is 0.382. The molecule has 8 heteroatoms. The first-order valence-electron chi connectivity index (χ1n) is 10.7. The summed E-state index contributed by atoms with van der Waals surface area (Å²) in [7, 11) is 3.17. The number of aromatic hydroxyl groups is 1. The van der Waals surface area contributed by atoms with Crippen LogP contribution in [0.25, 0.3) is 0 Å². The van der Waals surface area contributed by atoms with Crippen molar-refractivity contribution >= 4 is 23.0 Å². The summed E-state index contributed by atoms with van der Waals surface area (Å²) in [5.74, 6) is 1.14. The first-order chi connectivity index (χ1) is 15.3. The highest BCUT2D eigenvalue weighted by Crippen LogP contribution is 2.40. The normalized spacial score (nSPS) is 15.1. The number of nitrogens with zero attached hydrogens (tertiary/aromatic N) is 1. The molecule has 1 saturated carbocycles. The lowest BCUT2D eigenvalue weighted by Gasteiger charge is -2.26. The van der Waals surface area contributed by atoms with Crippen LogP contribution in [-0.2, 0) is 0 Å². The average molecular weight is 437 g/mol. The fourth-order valence-corrected chi connectivity index (χ4v) is 4.33. The molecule has 1 atom stereocenters. The van der Waals surface area contributed by atoms with E-state index >= 15 is 0 Å². The molecule has 1 heterocycles. The number of carbonyl (C=O) groups is 1. The number of furan rings is 1. The Morgan fingerprint density at radius 2 is 1.78 bits per heavy atom. The van der Waals surface area contributed by atoms with E-state index < -0.39 is 10.9 Å². The zero-order valence-corrected chi connectivity index (χ0v) is 18.4. The number of benzene rings is 1. The van der Waals surface area contributed by atoms with Crippen LogP contribution in [-0.4, -0.2) is 30.0 Å². The van der Waals surface area contributed by atoms with Crippen molar-refractivity contribution in [2.45, 2.75) is 38.6 Å². The van der Waals surface area contributed by atoms with Gasteiger partial charge in [0.15, 0.2) is 5.75 Å². The van der Waals surface area contributed by atoms with Crippen LogP contribution < -0.4 is 21.5 Å². The Hall–Kier alpha value is -3.55. The van der Waals surface area contributed by atoms with Crippen LogP contribution in [0.4, 0.5) is 17.1 Å². The average Bonchev–Trinajstić information content (AvgIpc) is 3.45. The van der Waals surface area contributed by atoms with Crippen molar-refractivity contribution in [2.24, 2.45) is 5.92 Å². The summed E-state index contributed by atoms with van der Waals surface area (Å²) in [5, 5.41) is 16.7. The first kappa shape index (κ1) is 21.7. The minimum Gasteiger partial charge on any atom is -0.505 e. The summed E-state index contributed by atoms with van der Waals surface area (Å²) < 4.78 is 5.84. The molecule has 0 spiro atoms. The minimum atomic E-state index is -0.669. The fraction of sp³-hybridized carbons (Fsp3) is 0.375. The molecule has 3 aromatic rings. The smallest absolute Gasteiger partial charge is 0.257 e. The molecule has 1 amide bonds. The Kier molecular flexibility index (Phi) is 5.78. The maximum atomic E-state index is 12.4. The molecule has 1 aliphatic carbocycles. The van der Waals surface area contributed by atoms with E-state index in [-0.39, 0.29) is 46.2 Å². The second-order valence-corrected chi connectivity index (χ2v) is 8.55. The van der Waals surface area contributed by atoms with Gasteiger partial charge in [0.25, 0.3) is 16.8 Å². The predicted molar refractivity (Wildman–Crippen MR) is 123 cm³/mol. The number of hydrogen-bond acceptors (Lipinski definition) is 7. The zero-order chi connectivity index (χ0) is 23.0. The maximum Gasteiger partial charge on any atom is 0.257 e. The van der Waals surface area contributed by atoms with Crippen molar-refractivity contribution in [1.82, 2.24) is 4.90 Å². The van der Waals surface area contributed by atoms with Gasteiger partial charge in [-0.15, -0.1) is 0 Å². The summed E-state index contributed by atoms with van der Waals surface area (Å²) in [6, 6.07) is 8.19. The van der Waals surface area contributed by atoms with E-state index in [1.54, 1.807) is 26.2 Å². The van der Waals surface area contributed by atoms with Crippen LogP contribution >= 0.6 is 0 Å². The molecule has 32 heavy (non-hydrogen) atoms. The van der Waals surface area contributed by atoms with Gasteiger partial charge < -0.3 is 25.1 Å². The van der Waals surface area contributed by atoms with Gasteiger partial charge in [0.05, 0.1) is 17.3 Å². The number of amides is 1. The van der Waals surface area contributed by atoms with E-state index in [9.17, 15) is 19.5 Å². The SMILES string of the molecule is Cc1ccc(C(Nc2c(Nc3cccc(C(=O)N(C)C)c3O)c(=O)c2=O)C2CCCC2)o1. The number of phenols is 1. The Labute approximate surface area is 185 Å². The fourth-order valence-electron chi connectivity index (χ4n) is 4.33. The number of para-hydroxylation sites is 1. The molecule has 0 aliphatic heterocycles. The zero-order valence-electron chi connectivity index (χ0n) is 18.4. The van der Waals surface area contributed by atoms with E-state index in [2.05, 4.69) is 10.6 Å². The maximum absolute atomic E-state index is 12.4. The molecule has 168 valence electrons. The van der Waals surface area contributed by atoms with Crippen LogP contribution in [0.1, 0.15) is 53.6 Å². The minimum absolute atomic E-state index is 0.0750. The third-order valence-electron chi connectivity index (χ3n) is 6.08. The molecule has 1 aliphatic rings. The van der Waals surface area contributed by atoms with E-state index in [0.29, 0.717) is 0 Å². The Bertz CT molecular complexity index is 1210. The van der Waals surface area contributed by atoms with Crippen molar-refractivity contribution in [3.05, 3.63) is 67.9 Å². The van der Waals surface area contributed by atoms with Crippen molar-refractivity contribution in [3.8, 4) is 5.75 Å². The summed E-state index contributed by atoms with van der Waals surface area (Å²) in [6.07, 6.45) is 4.23.